The number of hydrogen-bond donors (Lipinski definition) is 2. The predicted octanol–water partition coefficient (Wildman–Crippen LogP) is 3.64. The minimum Gasteiger partial charge on any atom is -0.468 e. The average molecular weight is 412 g/mol. The molecule has 2 aromatic rings. The number of furan rings is 1. The standard InChI is InChI=1S/C22H29N5O3/c1-2-12-23-22(24-16-18-8-10-19(11-9-18)27(28)29)25-17-20(21-7-6-15-30-21)26-13-4-3-5-14-26/h2,6-11,15,20H,1,3-5,12-14,16-17H2,(H2,23,24,25). The molecule has 160 valence electrons. The molecule has 1 aromatic heterocycles. The minimum atomic E-state index is -0.402. The summed E-state index contributed by atoms with van der Waals surface area (Å²) in [5, 5.41) is 17.5. The normalized spacial score (nSPS) is 16.1. The Balaban J connectivity index is 1.66. The second-order valence-electron chi connectivity index (χ2n) is 7.27. The maximum Gasteiger partial charge on any atom is 0.269 e. The van der Waals surface area contributed by atoms with Crippen LogP contribution in [0.25, 0.3) is 0 Å². The van der Waals surface area contributed by atoms with Crippen LogP contribution in [0.4, 0.5) is 5.69 Å². The van der Waals surface area contributed by atoms with Crippen LogP contribution in [-0.4, -0.2) is 42.0 Å². The van der Waals surface area contributed by atoms with Crippen molar-refractivity contribution < 1.29 is 9.34 Å². The van der Waals surface area contributed by atoms with E-state index < -0.39 is 4.92 Å². The molecule has 0 saturated carbocycles. The average Bonchev–Trinajstić information content (AvgIpc) is 3.31. The fraction of sp³-hybridized carbons (Fsp3) is 0.409. The molecule has 1 unspecified atom stereocenters. The number of aliphatic imine (C=N–C) groups is 1. The molecule has 1 aromatic carbocycles. The number of guanidine groups is 1. The molecule has 30 heavy (non-hydrogen) atoms. The zero-order valence-electron chi connectivity index (χ0n) is 17.1. The molecule has 1 fully saturated rings. The molecular weight excluding hydrogens is 382 g/mol. The van der Waals surface area contributed by atoms with Gasteiger partial charge in [-0.25, -0.2) is 4.99 Å². The van der Waals surface area contributed by atoms with Gasteiger partial charge in [-0.1, -0.05) is 24.6 Å². The Kier molecular flexibility index (Phi) is 8.02. The summed E-state index contributed by atoms with van der Waals surface area (Å²) >= 11 is 0. The third kappa shape index (κ3) is 6.18. The van der Waals surface area contributed by atoms with Crippen molar-refractivity contribution in [3.8, 4) is 0 Å². The van der Waals surface area contributed by atoms with Gasteiger partial charge < -0.3 is 15.1 Å². The van der Waals surface area contributed by atoms with Gasteiger partial charge in [-0.3, -0.25) is 15.0 Å². The fourth-order valence-electron chi connectivity index (χ4n) is 3.55. The Hall–Kier alpha value is -3.13. The van der Waals surface area contributed by atoms with Crippen molar-refractivity contribution in [3.05, 3.63) is 76.8 Å². The molecule has 1 saturated heterocycles. The highest BCUT2D eigenvalue weighted by Gasteiger charge is 2.24. The van der Waals surface area contributed by atoms with Gasteiger partial charge in [-0.2, -0.15) is 0 Å². The molecule has 3 rings (SSSR count). The lowest BCUT2D eigenvalue weighted by atomic mass is 10.1. The summed E-state index contributed by atoms with van der Waals surface area (Å²) in [7, 11) is 0. The third-order valence-electron chi connectivity index (χ3n) is 5.15. The van der Waals surface area contributed by atoms with Crippen LogP contribution in [0.15, 0.2) is 64.7 Å². The molecule has 1 aliphatic heterocycles. The number of non-ortho nitro benzene ring substituents is 1. The fourth-order valence-corrected chi connectivity index (χ4v) is 3.55. The Bertz CT molecular complexity index is 827. The van der Waals surface area contributed by atoms with Crippen LogP contribution in [0, 0.1) is 10.1 Å². The molecule has 0 amide bonds. The van der Waals surface area contributed by atoms with Crippen LogP contribution in [0.1, 0.15) is 36.6 Å². The van der Waals surface area contributed by atoms with Crippen LogP contribution in [0.3, 0.4) is 0 Å². The number of nitro groups is 1. The Morgan fingerprint density at radius 1 is 1.23 bits per heavy atom. The smallest absolute Gasteiger partial charge is 0.269 e. The zero-order valence-corrected chi connectivity index (χ0v) is 17.1. The summed E-state index contributed by atoms with van der Waals surface area (Å²) in [6.45, 7) is 7.53. The van der Waals surface area contributed by atoms with E-state index in [0.717, 1.165) is 24.4 Å². The summed E-state index contributed by atoms with van der Waals surface area (Å²) in [5.41, 5.74) is 0.979. The third-order valence-corrected chi connectivity index (χ3v) is 5.15. The largest absolute Gasteiger partial charge is 0.468 e. The number of rotatable bonds is 9. The first-order chi connectivity index (χ1) is 14.7. The lowest BCUT2D eigenvalue weighted by Crippen LogP contribution is -2.44. The van der Waals surface area contributed by atoms with Gasteiger partial charge in [0.1, 0.15) is 5.76 Å². The van der Waals surface area contributed by atoms with E-state index in [2.05, 4.69) is 27.1 Å². The molecule has 0 radical (unpaired) electrons. The van der Waals surface area contributed by atoms with Gasteiger partial charge in [0.25, 0.3) is 5.69 Å². The lowest BCUT2D eigenvalue weighted by Gasteiger charge is -2.33. The molecule has 8 nitrogen and oxygen atoms in total. The highest BCUT2D eigenvalue weighted by Crippen LogP contribution is 2.24. The second kappa shape index (κ2) is 11.2. The molecule has 0 spiro atoms. The molecule has 0 aliphatic carbocycles. The maximum absolute atomic E-state index is 10.8. The summed E-state index contributed by atoms with van der Waals surface area (Å²) in [6.07, 6.45) is 7.17. The van der Waals surface area contributed by atoms with Crippen LogP contribution >= 0.6 is 0 Å². The van der Waals surface area contributed by atoms with Gasteiger partial charge in [0.15, 0.2) is 5.96 Å². The molecule has 1 atom stereocenters. The van der Waals surface area contributed by atoms with Gasteiger partial charge in [0.05, 0.1) is 23.8 Å². The van der Waals surface area contributed by atoms with Crippen molar-refractivity contribution in [2.24, 2.45) is 4.99 Å². The first-order valence-corrected chi connectivity index (χ1v) is 10.3. The van der Waals surface area contributed by atoms with E-state index in [4.69, 9.17) is 4.42 Å². The first kappa shape index (κ1) is 21.6. The molecule has 2 N–H and O–H groups in total. The topological polar surface area (TPSA) is 95.9 Å². The number of hydrogen-bond acceptors (Lipinski definition) is 5. The highest BCUT2D eigenvalue weighted by atomic mass is 16.6. The van der Waals surface area contributed by atoms with E-state index in [1.807, 2.05) is 12.1 Å². The van der Waals surface area contributed by atoms with Crippen LogP contribution < -0.4 is 10.6 Å². The van der Waals surface area contributed by atoms with E-state index in [1.165, 1.54) is 31.4 Å². The highest BCUT2D eigenvalue weighted by molar-refractivity contribution is 5.80. The quantitative estimate of drug-likeness (QED) is 0.215. The van der Waals surface area contributed by atoms with E-state index >= 15 is 0 Å². The lowest BCUT2D eigenvalue weighted by molar-refractivity contribution is -0.384. The van der Waals surface area contributed by atoms with Crippen molar-refractivity contribution in [1.29, 1.82) is 0 Å². The van der Waals surface area contributed by atoms with Gasteiger partial charge in [0, 0.05) is 25.2 Å². The number of nitro benzene ring substituents is 1. The number of nitrogens with one attached hydrogen (secondary N) is 2. The van der Waals surface area contributed by atoms with Crippen molar-refractivity contribution in [2.45, 2.75) is 31.8 Å². The number of nitrogens with zero attached hydrogens (tertiary/aromatic N) is 3. The predicted molar refractivity (Wildman–Crippen MR) is 117 cm³/mol. The van der Waals surface area contributed by atoms with Crippen molar-refractivity contribution in [1.82, 2.24) is 15.5 Å². The molecule has 2 heterocycles. The number of piperidine rings is 1. The van der Waals surface area contributed by atoms with Gasteiger partial charge in [-0.15, -0.1) is 6.58 Å². The molecule has 0 bridgehead atoms. The summed E-state index contributed by atoms with van der Waals surface area (Å²) < 4.78 is 5.71. The molecule has 1 aliphatic rings. The number of likely N-dealkylation sites (tertiary alicyclic amines) is 1. The SMILES string of the molecule is C=CCNC(=NCc1ccc([N+](=O)[O-])cc1)NCC(c1ccco1)N1CCCCC1. The van der Waals surface area contributed by atoms with E-state index in [-0.39, 0.29) is 11.7 Å². The first-order valence-electron chi connectivity index (χ1n) is 10.3. The van der Waals surface area contributed by atoms with Crippen molar-refractivity contribution in [2.75, 3.05) is 26.2 Å². The Morgan fingerprint density at radius 2 is 2.00 bits per heavy atom. The van der Waals surface area contributed by atoms with E-state index in [9.17, 15) is 10.1 Å². The van der Waals surface area contributed by atoms with Crippen LogP contribution in [0.5, 0.6) is 0 Å². The van der Waals surface area contributed by atoms with Crippen molar-refractivity contribution in [3.63, 3.8) is 0 Å². The summed E-state index contributed by atoms with van der Waals surface area (Å²) in [5.74, 6) is 1.62. The summed E-state index contributed by atoms with van der Waals surface area (Å²) in [4.78, 5) is 17.5. The zero-order chi connectivity index (χ0) is 21.2. The van der Waals surface area contributed by atoms with E-state index in [0.29, 0.717) is 25.6 Å². The van der Waals surface area contributed by atoms with Gasteiger partial charge in [-0.05, 0) is 43.6 Å². The van der Waals surface area contributed by atoms with E-state index in [1.54, 1.807) is 24.5 Å². The van der Waals surface area contributed by atoms with Crippen molar-refractivity contribution >= 4 is 11.6 Å². The minimum absolute atomic E-state index is 0.0775. The second-order valence-corrected chi connectivity index (χ2v) is 7.27. The monoisotopic (exact) mass is 411 g/mol. The Labute approximate surface area is 176 Å². The molecule has 8 heteroatoms. The van der Waals surface area contributed by atoms with Crippen LogP contribution in [0.2, 0.25) is 0 Å². The van der Waals surface area contributed by atoms with Crippen LogP contribution in [-0.2, 0) is 6.54 Å². The summed E-state index contributed by atoms with van der Waals surface area (Å²) in [6, 6.07) is 10.5. The Morgan fingerprint density at radius 3 is 2.63 bits per heavy atom. The maximum atomic E-state index is 10.8. The molecular formula is C22H29N5O3. The van der Waals surface area contributed by atoms with Gasteiger partial charge in [0.2, 0.25) is 0 Å². The number of benzene rings is 1. The van der Waals surface area contributed by atoms with Gasteiger partial charge >= 0.3 is 0 Å².